The molecular weight excluding hydrogens is 643 g/mol. The van der Waals surface area contributed by atoms with Crippen LogP contribution in [0.25, 0.3) is 10.4 Å². The Hall–Kier alpha value is -4.74. The molecule has 0 saturated heterocycles. The zero-order valence-electron chi connectivity index (χ0n) is 24.1. The van der Waals surface area contributed by atoms with Gasteiger partial charge in [-0.05, 0) is 70.8 Å². The van der Waals surface area contributed by atoms with Crippen LogP contribution in [0.1, 0.15) is 34.8 Å². The second kappa shape index (κ2) is 14.8. The Bertz CT molecular complexity index is 1710. The Morgan fingerprint density at radius 2 is 1.87 bits per heavy atom. The monoisotopic (exact) mass is 672 g/mol. The van der Waals surface area contributed by atoms with Crippen LogP contribution in [0.5, 0.6) is 5.75 Å². The highest BCUT2D eigenvalue weighted by Gasteiger charge is 2.53. The minimum Gasteiger partial charge on any atom is -0.494 e. The molecule has 0 bridgehead atoms. The van der Waals surface area contributed by atoms with Crippen LogP contribution >= 0.6 is 15.9 Å². The van der Waals surface area contributed by atoms with Crippen molar-refractivity contribution in [1.29, 1.82) is 0 Å². The Labute approximate surface area is 267 Å². The van der Waals surface area contributed by atoms with E-state index in [9.17, 15) is 14.7 Å². The number of ether oxygens (including phenoxy) is 2. The maximum Gasteiger partial charge on any atom is 0.266 e. The van der Waals surface area contributed by atoms with Crippen molar-refractivity contribution in [3.8, 4) is 5.75 Å². The number of rotatable bonds is 13. The number of hydrazine groups is 1. The summed E-state index contributed by atoms with van der Waals surface area (Å²) in [7, 11) is 0. The molecule has 5 rings (SSSR count). The van der Waals surface area contributed by atoms with E-state index in [2.05, 4.69) is 36.8 Å². The summed E-state index contributed by atoms with van der Waals surface area (Å²) in [5.74, 6) is -0.0256. The lowest BCUT2D eigenvalue weighted by molar-refractivity contribution is -0.130. The van der Waals surface area contributed by atoms with Crippen molar-refractivity contribution in [3.63, 3.8) is 0 Å². The Morgan fingerprint density at radius 3 is 2.60 bits per heavy atom. The van der Waals surface area contributed by atoms with Crippen LogP contribution in [0.3, 0.4) is 0 Å². The number of benzene rings is 4. The number of hydrogen-bond acceptors (Lipinski definition) is 7. The molecule has 10 nitrogen and oxygen atoms in total. The van der Waals surface area contributed by atoms with Gasteiger partial charge in [0.15, 0.2) is 11.6 Å². The first-order chi connectivity index (χ1) is 21.9. The summed E-state index contributed by atoms with van der Waals surface area (Å²) in [6, 6.07) is 27.6. The second-order valence-corrected chi connectivity index (χ2v) is 11.2. The van der Waals surface area contributed by atoms with E-state index in [0.717, 1.165) is 4.47 Å². The van der Waals surface area contributed by atoms with Gasteiger partial charge in [0.1, 0.15) is 11.6 Å². The van der Waals surface area contributed by atoms with Crippen molar-refractivity contribution in [2.45, 2.75) is 31.0 Å². The van der Waals surface area contributed by atoms with Crippen molar-refractivity contribution in [2.24, 2.45) is 10.1 Å². The van der Waals surface area contributed by atoms with Crippen LogP contribution in [0.4, 0.5) is 10.1 Å². The molecule has 4 aromatic carbocycles. The topological polar surface area (TPSA) is 141 Å². The molecule has 3 N–H and O–H groups in total. The van der Waals surface area contributed by atoms with E-state index in [1.165, 1.54) is 12.1 Å². The van der Waals surface area contributed by atoms with Gasteiger partial charge in [0.05, 0.1) is 6.61 Å². The maximum absolute atomic E-state index is 14.3. The van der Waals surface area contributed by atoms with Gasteiger partial charge in [-0.1, -0.05) is 69.6 Å². The van der Waals surface area contributed by atoms with E-state index in [4.69, 9.17) is 19.6 Å². The number of aliphatic hydroxyl groups excluding tert-OH is 1. The van der Waals surface area contributed by atoms with Crippen LogP contribution in [0, 0.1) is 5.82 Å². The van der Waals surface area contributed by atoms with Crippen LogP contribution < -0.4 is 15.6 Å². The predicted molar refractivity (Wildman–Crippen MR) is 171 cm³/mol. The number of nitrogens with one attached hydrogen (secondary N) is 2. The minimum absolute atomic E-state index is 0.0300. The molecule has 0 spiro atoms. The zero-order chi connectivity index (χ0) is 31.6. The second-order valence-electron chi connectivity index (χ2n) is 10.3. The van der Waals surface area contributed by atoms with E-state index in [0.29, 0.717) is 46.7 Å². The number of carbonyl (C=O) groups excluding carboxylic acids is 1. The van der Waals surface area contributed by atoms with Gasteiger partial charge in [0, 0.05) is 46.6 Å². The van der Waals surface area contributed by atoms with Gasteiger partial charge in [-0.15, -0.1) is 0 Å². The lowest BCUT2D eigenvalue weighted by Crippen LogP contribution is -2.53. The van der Waals surface area contributed by atoms with Gasteiger partial charge in [0.25, 0.3) is 5.91 Å². The summed E-state index contributed by atoms with van der Waals surface area (Å²) < 4.78 is 26.8. The molecule has 12 heteroatoms. The van der Waals surface area contributed by atoms with Crippen LogP contribution in [0.15, 0.2) is 112 Å². The molecule has 0 unspecified atom stereocenters. The summed E-state index contributed by atoms with van der Waals surface area (Å²) in [5, 5.41) is 12.9. The quantitative estimate of drug-likeness (QED) is 0.0482. The Kier molecular flexibility index (Phi) is 10.4. The molecule has 45 heavy (non-hydrogen) atoms. The van der Waals surface area contributed by atoms with E-state index in [-0.39, 0.29) is 31.3 Å². The number of carbonyl (C=O) groups is 1. The maximum atomic E-state index is 14.3. The van der Waals surface area contributed by atoms with Crippen LogP contribution in [0.2, 0.25) is 0 Å². The van der Waals surface area contributed by atoms with Crippen LogP contribution in [-0.4, -0.2) is 35.7 Å². The van der Waals surface area contributed by atoms with Gasteiger partial charge >= 0.3 is 0 Å². The summed E-state index contributed by atoms with van der Waals surface area (Å²) in [5.41, 5.74) is 16.3. The summed E-state index contributed by atoms with van der Waals surface area (Å²) in [6.07, 6.45) is -0.340. The fourth-order valence-corrected chi connectivity index (χ4v) is 5.26. The van der Waals surface area contributed by atoms with E-state index in [1.807, 2.05) is 24.3 Å². The number of amides is 1. The van der Waals surface area contributed by atoms with E-state index in [1.54, 1.807) is 60.7 Å². The van der Waals surface area contributed by atoms with Gasteiger partial charge < -0.3 is 14.6 Å². The van der Waals surface area contributed by atoms with E-state index < -0.39 is 17.6 Å². The molecule has 4 aromatic rings. The molecule has 1 heterocycles. The highest BCUT2D eigenvalue weighted by atomic mass is 79.9. The Morgan fingerprint density at radius 1 is 1.09 bits per heavy atom. The molecule has 0 radical (unpaired) electrons. The molecule has 0 aromatic heterocycles. The zero-order valence-corrected chi connectivity index (χ0v) is 25.7. The third-order valence-corrected chi connectivity index (χ3v) is 7.72. The first-order valence-electron chi connectivity index (χ1n) is 14.2. The fraction of sp³-hybridized carbons (Fsp3) is 0.212. The van der Waals surface area contributed by atoms with Crippen LogP contribution in [-0.2, 0) is 22.5 Å². The largest absolute Gasteiger partial charge is 0.494 e. The average molecular weight is 674 g/mol. The molecule has 0 saturated carbocycles. The number of aliphatic imine (C=N–C) groups is 1. The van der Waals surface area contributed by atoms with Gasteiger partial charge in [-0.2, -0.15) is 0 Å². The molecule has 1 amide bonds. The molecule has 2 atom stereocenters. The molecule has 0 fully saturated rings. The van der Waals surface area contributed by atoms with Gasteiger partial charge in [-0.3, -0.25) is 10.2 Å². The van der Waals surface area contributed by atoms with Crippen molar-refractivity contribution < 1.29 is 23.8 Å². The average Bonchev–Trinajstić information content (AvgIpc) is 3.43. The number of azide groups is 1. The minimum atomic E-state index is -1.56. The molecule has 230 valence electrons. The van der Waals surface area contributed by atoms with Gasteiger partial charge in [0.2, 0.25) is 5.90 Å². The number of hydrogen-bond donors (Lipinski definition) is 3. The fourth-order valence-electron chi connectivity index (χ4n) is 5.00. The number of halogens is 2. The smallest absolute Gasteiger partial charge is 0.266 e. The molecule has 0 aliphatic carbocycles. The van der Waals surface area contributed by atoms with Crippen molar-refractivity contribution in [2.75, 3.05) is 13.2 Å². The third-order valence-electron chi connectivity index (χ3n) is 7.19. The third kappa shape index (κ3) is 7.68. The molecule has 1 aliphatic rings. The first-order valence-corrected chi connectivity index (χ1v) is 15.0. The normalized spacial score (nSPS) is 17.1. The summed E-state index contributed by atoms with van der Waals surface area (Å²) >= 11 is 3.47. The molecular formula is C33H30BrFN6O4. The number of nitrogens with zero attached hydrogens (tertiary/aromatic N) is 4. The summed E-state index contributed by atoms with van der Waals surface area (Å²) in [6.45, 7) is 0.562. The van der Waals surface area contributed by atoms with Gasteiger partial charge in [-0.25, -0.2) is 14.8 Å². The lowest BCUT2D eigenvalue weighted by atomic mass is 9.81. The molecule has 1 aliphatic heterocycles. The van der Waals surface area contributed by atoms with Crippen molar-refractivity contribution >= 4 is 33.4 Å². The van der Waals surface area contributed by atoms with E-state index >= 15 is 0 Å². The standard InChI is InChI=1S/C33H30BrFN6O4/c34-26-13-9-23(10-14-26)30-33(20-25-6-1-2-8-29(25)39-41-36,32(43)40-37-21-22-5-3-7-27(35)19-22)38-31(45-30)24-11-15-28(16-12-24)44-18-4-17-42/h1-3,5-16,19,30,37,42H,4,17-18,20-21H2,(H,40,43)/t30-,33-/m0/s1. The number of aliphatic hydroxyl groups is 1. The predicted octanol–water partition coefficient (Wildman–Crippen LogP) is 6.61. The summed E-state index contributed by atoms with van der Waals surface area (Å²) in [4.78, 5) is 22.3. The Balaban J connectivity index is 1.55. The SMILES string of the molecule is [N-]=[N+]=Nc1ccccc1C[C@]1(C(=O)NNCc2cccc(F)c2)N=C(c2ccc(OCCCO)cc2)O[C@H]1c1ccc(Br)cc1. The highest BCUT2D eigenvalue weighted by molar-refractivity contribution is 9.10. The first kappa shape index (κ1) is 31.7. The highest BCUT2D eigenvalue weighted by Crippen LogP contribution is 2.44. The van der Waals surface area contributed by atoms with Crippen molar-refractivity contribution in [1.82, 2.24) is 10.9 Å². The lowest BCUT2D eigenvalue weighted by Gasteiger charge is -2.31. The van der Waals surface area contributed by atoms with Crippen molar-refractivity contribution in [3.05, 3.63) is 140 Å².